The van der Waals surface area contributed by atoms with Gasteiger partial charge in [0.2, 0.25) is 0 Å². The summed E-state index contributed by atoms with van der Waals surface area (Å²) >= 11 is 5.26. The summed E-state index contributed by atoms with van der Waals surface area (Å²) in [4.78, 5) is 33.8. The standard InChI is InChI=1S/C37H32N2O3S3/c1-3-39-17-15-24-19-26(7-10-30(24)39)34-20-27(5-4-22(2)40)36(45-34)31-11-12-32(43-31)37-28(8-13-35(41)42)21-33(44-37)25-6-9-29-23(18-25)14-16-38-29/h6-7,9-12,14-21,38H,3-5,8,13H2,1-2H3,(H,41,42). The van der Waals surface area contributed by atoms with Gasteiger partial charge in [0.25, 0.3) is 0 Å². The highest BCUT2D eigenvalue weighted by Gasteiger charge is 2.19. The normalized spacial score (nSPS) is 11.6. The molecule has 226 valence electrons. The number of hydrogen-bond donors (Lipinski definition) is 2. The molecule has 0 fully saturated rings. The van der Waals surface area contributed by atoms with Gasteiger partial charge in [0.05, 0.1) is 0 Å². The number of ketones is 1. The molecule has 2 aromatic carbocycles. The third-order valence-electron chi connectivity index (χ3n) is 8.26. The molecule has 0 saturated heterocycles. The topological polar surface area (TPSA) is 75.1 Å². The number of carbonyl (C=O) groups excluding carboxylic acids is 1. The van der Waals surface area contributed by atoms with Gasteiger partial charge in [0.15, 0.2) is 0 Å². The number of nitrogens with zero attached hydrogens (tertiary/aromatic N) is 1. The number of fused-ring (bicyclic) bond motifs is 2. The fraction of sp³-hybridized carbons (Fsp3) is 0.189. The molecule has 0 aliphatic heterocycles. The second-order valence-electron chi connectivity index (χ2n) is 11.3. The van der Waals surface area contributed by atoms with Crippen molar-refractivity contribution in [1.82, 2.24) is 9.55 Å². The Hall–Kier alpha value is -4.24. The minimum atomic E-state index is -0.792. The number of aromatic nitrogens is 2. The van der Waals surface area contributed by atoms with Gasteiger partial charge in [-0.05, 0) is 115 Å². The number of aliphatic carboxylic acids is 1. The van der Waals surface area contributed by atoms with Crippen LogP contribution in [0.3, 0.4) is 0 Å². The predicted octanol–water partition coefficient (Wildman–Crippen LogP) is 10.5. The highest BCUT2D eigenvalue weighted by atomic mass is 32.1. The van der Waals surface area contributed by atoms with E-state index < -0.39 is 5.97 Å². The molecule has 0 amide bonds. The van der Waals surface area contributed by atoms with E-state index in [1.807, 2.05) is 6.20 Å². The number of thiophene rings is 3. The van der Waals surface area contributed by atoms with Crippen molar-refractivity contribution in [3.05, 3.63) is 96.3 Å². The fourth-order valence-electron chi connectivity index (χ4n) is 5.90. The molecule has 2 N–H and O–H groups in total. The Labute approximate surface area is 273 Å². The van der Waals surface area contributed by atoms with E-state index in [1.54, 1.807) is 40.9 Å². The molecule has 0 aliphatic carbocycles. The second-order valence-corrected chi connectivity index (χ2v) is 14.5. The van der Waals surface area contributed by atoms with Crippen LogP contribution in [-0.2, 0) is 29.0 Å². The van der Waals surface area contributed by atoms with Gasteiger partial charge >= 0.3 is 5.97 Å². The first-order valence-electron chi connectivity index (χ1n) is 15.1. The van der Waals surface area contributed by atoms with E-state index in [4.69, 9.17) is 0 Å². The van der Waals surface area contributed by atoms with Crippen LogP contribution in [0.5, 0.6) is 0 Å². The molecule has 5 aromatic heterocycles. The number of nitrogens with one attached hydrogen (secondary N) is 1. The van der Waals surface area contributed by atoms with Crippen molar-refractivity contribution >= 4 is 67.6 Å². The lowest BCUT2D eigenvalue weighted by atomic mass is 10.1. The predicted molar refractivity (Wildman–Crippen MR) is 190 cm³/mol. The number of hydrogen-bond acceptors (Lipinski definition) is 5. The van der Waals surface area contributed by atoms with Gasteiger partial charge in [-0.1, -0.05) is 12.1 Å². The zero-order valence-corrected chi connectivity index (χ0v) is 27.5. The molecule has 0 saturated carbocycles. The number of aryl methyl sites for hydroxylation is 3. The summed E-state index contributed by atoms with van der Waals surface area (Å²) in [6.45, 7) is 4.75. The number of carboxylic acid groups (broad SMARTS) is 1. The number of benzene rings is 2. The van der Waals surface area contributed by atoms with E-state index in [0.717, 1.165) is 43.2 Å². The molecular weight excluding hydrogens is 617 g/mol. The van der Waals surface area contributed by atoms with Gasteiger partial charge in [-0.3, -0.25) is 4.79 Å². The molecule has 0 atom stereocenters. The van der Waals surface area contributed by atoms with Crippen molar-refractivity contribution in [3.63, 3.8) is 0 Å². The maximum Gasteiger partial charge on any atom is 0.303 e. The van der Waals surface area contributed by atoms with Gasteiger partial charge in [-0.25, -0.2) is 0 Å². The highest BCUT2D eigenvalue weighted by molar-refractivity contribution is 7.28. The van der Waals surface area contributed by atoms with Crippen molar-refractivity contribution in [2.24, 2.45) is 0 Å². The van der Waals surface area contributed by atoms with Crippen LogP contribution in [0.1, 0.15) is 37.8 Å². The Bertz CT molecular complexity index is 2190. The summed E-state index contributed by atoms with van der Waals surface area (Å²) < 4.78 is 2.25. The quantitative estimate of drug-likeness (QED) is 0.147. The van der Waals surface area contributed by atoms with Crippen molar-refractivity contribution in [2.45, 2.75) is 46.1 Å². The molecule has 0 radical (unpaired) electrons. The molecule has 5 heterocycles. The molecule has 0 spiro atoms. The summed E-state index contributed by atoms with van der Waals surface area (Å²) in [5.41, 5.74) is 6.91. The van der Waals surface area contributed by atoms with Crippen LogP contribution in [0.4, 0.5) is 0 Å². The summed E-state index contributed by atoms with van der Waals surface area (Å²) in [6.07, 6.45) is 5.88. The van der Waals surface area contributed by atoms with Crippen LogP contribution in [0, 0.1) is 0 Å². The molecule has 45 heavy (non-hydrogen) atoms. The fourth-order valence-corrected chi connectivity index (χ4v) is 9.61. The molecule has 7 aromatic rings. The Balaban J connectivity index is 1.27. The Kier molecular flexibility index (Phi) is 8.04. The van der Waals surface area contributed by atoms with Gasteiger partial charge in [0, 0.05) is 77.5 Å². The van der Waals surface area contributed by atoms with Crippen LogP contribution in [0.15, 0.2) is 85.2 Å². The number of carboxylic acids is 1. The van der Waals surface area contributed by atoms with E-state index in [0.29, 0.717) is 19.3 Å². The van der Waals surface area contributed by atoms with Crippen molar-refractivity contribution in [3.8, 4) is 40.4 Å². The van der Waals surface area contributed by atoms with E-state index in [1.165, 1.54) is 36.7 Å². The Morgan fingerprint density at radius 3 is 2.02 bits per heavy atom. The summed E-state index contributed by atoms with van der Waals surface area (Å²) in [7, 11) is 0. The van der Waals surface area contributed by atoms with Crippen LogP contribution >= 0.6 is 34.0 Å². The van der Waals surface area contributed by atoms with Gasteiger partial charge in [-0.2, -0.15) is 0 Å². The number of Topliss-reactive ketones (excluding diaryl/α,β-unsaturated/α-hetero) is 1. The van der Waals surface area contributed by atoms with Crippen molar-refractivity contribution < 1.29 is 14.7 Å². The number of H-pyrrole nitrogens is 1. The zero-order chi connectivity index (χ0) is 31.1. The number of aromatic amines is 1. The van der Waals surface area contributed by atoms with E-state index in [2.05, 4.69) is 95.5 Å². The smallest absolute Gasteiger partial charge is 0.303 e. The molecule has 0 aliphatic rings. The monoisotopic (exact) mass is 648 g/mol. The lowest BCUT2D eigenvalue weighted by Gasteiger charge is -2.02. The Morgan fingerprint density at radius 1 is 0.733 bits per heavy atom. The van der Waals surface area contributed by atoms with Crippen molar-refractivity contribution in [1.29, 1.82) is 0 Å². The number of carbonyl (C=O) groups is 2. The van der Waals surface area contributed by atoms with E-state index >= 15 is 0 Å². The van der Waals surface area contributed by atoms with Gasteiger partial charge in [0.1, 0.15) is 5.78 Å². The molecule has 7 rings (SSSR count). The van der Waals surface area contributed by atoms with Crippen molar-refractivity contribution in [2.75, 3.05) is 0 Å². The minimum Gasteiger partial charge on any atom is -0.481 e. The highest BCUT2D eigenvalue weighted by Crippen LogP contribution is 2.47. The van der Waals surface area contributed by atoms with E-state index in [-0.39, 0.29) is 12.2 Å². The molecule has 5 nitrogen and oxygen atoms in total. The van der Waals surface area contributed by atoms with Crippen LogP contribution in [0.25, 0.3) is 62.2 Å². The van der Waals surface area contributed by atoms with Crippen LogP contribution in [0.2, 0.25) is 0 Å². The second kappa shape index (κ2) is 12.3. The molecule has 0 bridgehead atoms. The minimum absolute atomic E-state index is 0.0910. The maximum absolute atomic E-state index is 12.0. The molecule has 8 heteroatoms. The SMILES string of the molecule is CCn1ccc2cc(-c3cc(CCC(C)=O)c(-c4ccc(-c5sc(-c6ccc7[nH]ccc7c6)cc5CCC(=O)O)s4)s3)ccc21. The first-order valence-corrected chi connectivity index (χ1v) is 17.5. The summed E-state index contributed by atoms with van der Waals surface area (Å²) in [5.74, 6) is -0.602. The summed E-state index contributed by atoms with van der Waals surface area (Å²) in [6, 6.07) is 26.1. The first kappa shape index (κ1) is 29.5. The molecule has 0 unspecified atom stereocenters. The van der Waals surface area contributed by atoms with Crippen LogP contribution < -0.4 is 0 Å². The average molecular weight is 649 g/mol. The largest absolute Gasteiger partial charge is 0.481 e. The third kappa shape index (κ3) is 5.93. The average Bonchev–Trinajstić information content (AvgIpc) is 3.86. The van der Waals surface area contributed by atoms with Gasteiger partial charge in [-0.15, -0.1) is 34.0 Å². The lowest BCUT2D eigenvalue weighted by molar-refractivity contribution is -0.137. The van der Waals surface area contributed by atoms with Gasteiger partial charge < -0.3 is 19.5 Å². The van der Waals surface area contributed by atoms with E-state index in [9.17, 15) is 14.7 Å². The number of rotatable bonds is 11. The molecular formula is C37H32N2O3S3. The maximum atomic E-state index is 12.0. The zero-order valence-electron chi connectivity index (χ0n) is 25.1. The Morgan fingerprint density at radius 2 is 1.38 bits per heavy atom. The van der Waals surface area contributed by atoms with Crippen LogP contribution in [-0.4, -0.2) is 26.4 Å². The third-order valence-corrected chi connectivity index (χ3v) is 12.2. The lowest BCUT2D eigenvalue weighted by Crippen LogP contribution is -1.97. The summed E-state index contributed by atoms with van der Waals surface area (Å²) in [5, 5.41) is 11.9. The first-order chi connectivity index (χ1) is 21.9.